The van der Waals surface area contributed by atoms with E-state index in [0.29, 0.717) is 44.1 Å². The van der Waals surface area contributed by atoms with Gasteiger partial charge in [0.15, 0.2) is 16.6 Å². The standard InChI is InChI=1S/C24H21N5O3S/c1-24(2,13-25)15-6-4-5-14(11-15)21(30)27-16-7-9-18(31-3)19(12-16)32-20-10-8-17-22(29-20)33-23(26)28-17/h4-12H,1-3H3,(H2,26,28)(H,27,30). The van der Waals surface area contributed by atoms with Gasteiger partial charge in [0, 0.05) is 23.4 Å². The molecule has 0 atom stereocenters. The highest BCUT2D eigenvalue weighted by Crippen LogP contribution is 2.35. The summed E-state index contributed by atoms with van der Waals surface area (Å²) in [4.78, 5) is 22.1. The molecule has 0 aliphatic rings. The number of carbonyl (C=O) groups excluding carboxylic acids is 1. The van der Waals surface area contributed by atoms with Crippen LogP contribution in [0.4, 0.5) is 10.8 Å². The number of nitrogens with zero attached hydrogens (tertiary/aromatic N) is 3. The summed E-state index contributed by atoms with van der Waals surface area (Å²) in [6.45, 7) is 3.62. The number of ether oxygens (including phenoxy) is 2. The average Bonchev–Trinajstić information content (AvgIpc) is 3.18. The Hall–Kier alpha value is -4.16. The highest BCUT2D eigenvalue weighted by atomic mass is 32.1. The molecular formula is C24H21N5O3S. The molecule has 4 aromatic rings. The molecule has 0 unspecified atom stereocenters. The number of hydrogen-bond acceptors (Lipinski definition) is 8. The van der Waals surface area contributed by atoms with Gasteiger partial charge in [0.1, 0.15) is 10.3 Å². The lowest BCUT2D eigenvalue weighted by atomic mass is 9.85. The minimum absolute atomic E-state index is 0.304. The zero-order valence-corrected chi connectivity index (χ0v) is 19.1. The zero-order valence-electron chi connectivity index (χ0n) is 18.2. The van der Waals surface area contributed by atoms with Gasteiger partial charge < -0.3 is 20.5 Å². The Morgan fingerprint density at radius 2 is 1.94 bits per heavy atom. The Morgan fingerprint density at radius 3 is 2.70 bits per heavy atom. The third kappa shape index (κ3) is 4.71. The SMILES string of the molecule is COc1ccc(NC(=O)c2cccc(C(C)(C)C#N)c2)cc1Oc1ccc2nc(N)sc2n1. The number of nitrogens with two attached hydrogens (primary N) is 1. The van der Waals surface area contributed by atoms with Gasteiger partial charge in [-0.1, -0.05) is 23.5 Å². The van der Waals surface area contributed by atoms with Crippen molar-refractivity contribution in [2.24, 2.45) is 0 Å². The Morgan fingerprint density at radius 1 is 1.12 bits per heavy atom. The van der Waals surface area contributed by atoms with Crippen LogP contribution in [0.1, 0.15) is 29.8 Å². The summed E-state index contributed by atoms with van der Waals surface area (Å²) in [6, 6.07) is 17.8. The quantitative estimate of drug-likeness (QED) is 0.410. The van der Waals surface area contributed by atoms with E-state index < -0.39 is 5.41 Å². The summed E-state index contributed by atoms with van der Waals surface area (Å²) in [5, 5.41) is 12.7. The second-order valence-electron chi connectivity index (χ2n) is 7.77. The summed E-state index contributed by atoms with van der Waals surface area (Å²) < 4.78 is 11.3. The van der Waals surface area contributed by atoms with E-state index in [0.717, 1.165) is 5.56 Å². The number of fused-ring (bicyclic) bond motifs is 1. The molecular weight excluding hydrogens is 438 g/mol. The van der Waals surface area contributed by atoms with Crippen molar-refractivity contribution in [2.45, 2.75) is 19.3 Å². The van der Waals surface area contributed by atoms with Crippen LogP contribution in [0.2, 0.25) is 0 Å². The molecule has 166 valence electrons. The number of nitrogen functional groups attached to an aromatic ring is 1. The predicted molar refractivity (Wildman–Crippen MR) is 128 cm³/mol. The number of hydrogen-bond donors (Lipinski definition) is 2. The molecule has 2 aromatic carbocycles. The lowest BCUT2D eigenvalue weighted by Gasteiger charge is -2.17. The van der Waals surface area contributed by atoms with Gasteiger partial charge in [-0.05, 0) is 49.7 Å². The number of aromatic nitrogens is 2. The van der Waals surface area contributed by atoms with Crippen molar-refractivity contribution in [3.8, 4) is 23.4 Å². The van der Waals surface area contributed by atoms with Crippen LogP contribution in [0.25, 0.3) is 10.3 Å². The second-order valence-corrected chi connectivity index (χ2v) is 8.77. The van der Waals surface area contributed by atoms with Gasteiger partial charge >= 0.3 is 0 Å². The van der Waals surface area contributed by atoms with Gasteiger partial charge in [-0.2, -0.15) is 5.26 Å². The summed E-state index contributed by atoms with van der Waals surface area (Å²) in [7, 11) is 1.53. The lowest BCUT2D eigenvalue weighted by Crippen LogP contribution is -2.17. The number of thiazole rings is 1. The molecule has 8 nitrogen and oxygen atoms in total. The van der Waals surface area contributed by atoms with Crippen LogP contribution in [-0.2, 0) is 5.41 Å². The Labute approximate surface area is 194 Å². The molecule has 2 aromatic heterocycles. The van der Waals surface area contributed by atoms with Crippen molar-refractivity contribution in [3.05, 3.63) is 65.7 Å². The van der Waals surface area contributed by atoms with E-state index >= 15 is 0 Å². The Balaban J connectivity index is 1.58. The summed E-state index contributed by atoms with van der Waals surface area (Å²) in [6.07, 6.45) is 0. The van der Waals surface area contributed by atoms with Crippen LogP contribution in [-0.4, -0.2) is 23.0 Å². The van der Waals surface area contributed by atoms with Crippen LogP contribution in [0.5, 0.6) is 17.4 Å². The normalized spacial score (nSPS) is 11.1. The third-order valence-corrected chi connectivity index (χ3v) is 5.80. The van der Waals surface area contributed by atoms with Gasteiger partial charge in [-0.15, -0.1) is 0 Å². The first kappa shape index (κ1) is 22.0. The smallest absolute Gasteiger partial charge is 0.255 e. The van der Waals surface area contributed by atoms with Gasteiger partial charge in [-0.3, -0.25) is 4.79 Å². The maximum absolute atomic E-state index is 12.9. The minimum Gasteiger partial charge on any atom is -0.493 e. The van der Waals surface area contributed by atoms with E-state index in [-0.39, 0.29) is 5.91 Å². The van der Waals surface area contributed by atoms with Crippen molar-refractivity contribution in [2.75, 3.05) is 18.2 Å². The number of carbonyl (C=O) groups is 1. The first-order valence-corrected chi connectivity index (χ1v) is 10.8. The molecule has 1 amide bonds. The summed E-state index contributed by atoms with van der Waals surface area (Å²) in [5.41, 5.74) is 7.47. The molecule has 0 bridgehead atoms. The molecule has 9 heteroatoms. The largest absolute Gasteiger partial charge is 0.493 e. The number of amides is 1. The number of benzene rings is 2. The first-order chi connectivity index (χ1) is 15.8. The molecule has 3 N–H and O–H groups in total. The molecule has 0 aliphatic carbocycles. The topological polar surface area (TPSA) is 123 Å². The van der Waals surface area contributed by atoms with E-state index in [1.54, 1.807) is 48.5 Å². The first-order valence-electron chi connectivity index (χ1n) is 10.0. The molecule has 33 heavy (non-hydrogen) atoms. The number of methoxy groups -OCH3 is 1. The van der Waals surface area contributed by atoms with E-state index in [1.165, 1.54) is 18.4 Å². The van der Waals surface area contributed by atoms with Gasteiger partial charge in [-0.25, -0.2) is 9.97 Å². The van der Waals surface area contributed by atoms with Gasteiger partial charge in [0.25, 0.3) is 5.91 Å². The number of pyridine rings is 1. The maximum atomic E-state index is 12.9. The Kier molecular flexibility index (Phi) is 5.85. The predicted octanol–water partition coefficient (Wildman–Crippen LogP) is 5.13. The lowest BCUT2D eigenvalue weighted by molar-refractivity contribution is 0.102. The number of rotatable bonds is 6. The summed E-state index contributed by atoms with van der Waals surface area (Å²) >= 11 is 1.27. The molecule has 0 aliphatic heterocycles. The minimum atomic E-state index is -0.700. The van der Waals surface area contributed by atoms with Crippen molar-refractivity contribution in [1.82, 2.24) is 9.97 Å². The number of nitriles is 1. The van der Waals surface area contributed by atoms with Crippen LogP contribution in [0.15, 0.2) is 54.6 Å². The molecule has 0 saturated carbocycles. The highest BCUT2D eigenvalue weighted by Gasteiger charge is 2.21. The highest BCUT2D eigenvalue weighted by molar-refractivity contribution is 7.21. The third-order valence-electron chi connectivity index (χ3n) is 5.01. The van der Waals surface area contributed by atoms with E-state index in [9.17, 15) is 10.1 Å². The fourth-order valence-corrected chi connectivity index (χ4v) is 3.83. The molecule has 0 fully saturated rings. The number of anilines is 2. The van der Waals surface area contributed by atoms with Gasteiger partial charge in [0.05, 0.1) is 18.6 Å². The zero-order chi connectivity index (χ0) is 23.6. The van der Waals surface area contributed by atoms with E-state index in [2.05, 4.69) is 21.4 Å². The number of nitrogens with one attached hydrogen (secondary N) is 1. The van der Waals surface area contributed by atoms with Crippen molar-refractivity contribution >= 4 is 38.4 Å². The van der Waals surface area contributed by atoms with Crippen LogP contribution in [0, 0.1) is 11.3 Å². The molecule has 2 heterocycles. The fraction of sp³-hybridized carbons (Fsp3) is 0.167. The van der Waals surface area contributed by atoms with Gasteiger partial charge in [0.2, 0.25) is 5.88 Å². The van der Waals surface area contributed by atoms with Crippen LogP contribution >= 0.6 is 11.3 Å². The Bertz CT molecular complexity index is 1390. The van der Waals surface area contributed by atoms with E-state index in [1.807, 2.05) is 19.9 Å². The van der Waals surface area contributed by atoms with Crippen molar-refractivity contribution in [3.63, 3.8) is 0 Å². The van der Waals surface area contributed by atoms with Crippen molar-refractivity contribution < 1.29 is 14.3 Å². The van der Waals surface area contributed by atoms with Crippen molar-refractivity contribution in [1.29, 1.82) is 5.26 Å². The fourth-order valence-electron chi connectivity index (χ4n) is 3.14. The molecule has 0 spiro atoms. The average molecular weight is 460 g/mol. The summed E-state index contributed by atoms with van der Waals surface area (Å²) in [5.74, 6) is 0.913. The second kappa shape index (κ2) is 8.76. The van der Waals surface area contributed by atoms with E-state index in [4.69, 9.17) is 15.2 Å². The molecule has 4 rings (SSSR count). The molecule has 0 saturated heterocycles. The monoisotopic (exact) mass is 459 g/mol. The maximum Gasteiger partial charge on any atom is 0.255 e. The van der Waals surface area contributed by atoms with Crippen LogP contribution < -0.4 is 20.5 Å². The molecule has 0 radical (unpaired) electrons. The van der Waals surface area contributed by atoms with Crippen LogP contribution in [0.3, 0.4) is 0 Å².